The minimum absolute atomic E-state index is 0. The van der Waals surface area contributed by atoms with Crippen molar-refractivity contribution in [3.05, 3.63) is 35.4 Å². The molecule has 1 amide bonds. The van der Waals surface area contributed by atoms with Crippen LogP contribution in [-0.4, -0.2) is 55.5 Å². The molecular weight excluding hydrogens is 310 g/mol. The molecule has 0 bridgehead atoms. The fraction of sp³-hybridized carbons (Fsp3) is 0.611. The van der Waals surface area contributed by atoms with Gasteiger partial charge >= 0.3 is 0 Å². The zero-order valence-corrected chi connectivity index (χ0v) is 14.8. The van der Waals surface area contributed by atoms with Gasteiger partial charge in [-0.3, -0.25) is 9.69 Å². The van der Waals surface area contributed by atoms with Gasteiger partial charge in [0.1, 0.15) is 0 Å². The highest BCUT2D eigenvalue weighted by Crippen LogP contribution is 2.20. The molecule has 2 heterocycles. The van der Waals surface area contributed by atoms with E-state index in [0.717, 1.165) is 39.1 Å². The number of hydrogen-bond donors (Lipinski definition) is 1. The third kappa shape index (κ3) is 4.69. The summed E-state index contributed by atoms with van der Waals surface area (Å²) in [5.41, 5.74) is 2.72. The molecule has 1 aromatic carbocycles. The maximum Gasteiger partial charge on any atom is 0.237 e. The molecule has 3 rings (SSSR count). The van der Waals surface area contributed by atoms with E-state index in [1.165, 1.54) is 24.0 Å². The first-order valence-corrected chi connectivity index (χ1v) is 8.48. The summed E-state index contributed by atoms with van der Waals surface area (Å²) in [6.07, 6.45) is 3.48. The van der Waals surface area contributed by atoms with Crippen LogP contribution < -0.4 is 5.32 Å². The highest BCUT2D eigenvalue weighted by molar-refractivity contribution is 5.85. The van der Waals surface area contributed by atoms with Gasteiger partial charge in [-0.25, -0.2) is 0 Å². The third-order valence-corrected chi connectivity index (χ3v) is 4.94. The van der Waals surface area contributed by atoms with E-state index in [4.69, 9.17) is 0 Å². The Morgan fingerprint density at radius 2 is 2.04 bits per heavy atom. The summed E-state index contributed by atoms with van der Waals surface area (Å²) in [6, 6.07) is 8.49. The van der Waals surface area contributed by atoms with Crippen LogP contribution in [-0.2, 0) is 17.8 Å². The highest BCUT2D eigenvalue weighted by Gasteiger charge is 2.25. The Morgan fingerprint density at radius 3 is 2.83 bits per heavy atom. The molecule has 2 aliphatic rings. The monoisotopic (exact) mass is 337 g/mol. The number of amides is 1. The lowest BCUT2D eigenvalue weighted by Gasteiger charge is -2.35. The standard InChI is InChI=1S/C18H27N3O.ClH/c1-19-11-15-5-4-9-20(12-15)14-18(22)21-10-8-16-6-2-3-7-17(16)13-21;/h2-3,6-7,15,19H,4-5,8-14H2,1H3;1H. The molecule has 128 valence electrons. The van der Waals surface area contributed by atoms with Crippen molar-refractivity contribution in [2.24, 2.45) is 5.92 Å². The van der Waals surface area contributed by atoms with Crippen molar-refractivity contribution in [1.82, 2.24) is 15.1 Å². The van der Waals surface area contributed by atoms with Gasteiger partial charge in [0.15, 0.2) is 0 Å². The van der Waals surface area contributed by atoms with Crippen molar-refractivity contribution >= 4 is 18.3 Å². The van der Waals surface area contributed by atoms with Crippen molar-refractivity contribution in [1.29, 1.82) is 0 Å². The summed E-state index contributed by atoms with van der Waals surface area (Å²) < 4.78 is 0. The number of benzene rings is 1. The van der Waals surface area contributed by atoms with E-state index >= 15 is 0 Å². The Hall–Kier alpha value is -1.10. The van der Waals surface area contributed by atoms with Crippen LogP contribution in [0.15, 0.2) is 24.3 Å². The number of halogens is 1. The summed E-state index contributed by atoms with van der Waals surface area (Å²) >= 11 is 0. The number of likely N-dealkylation sites (tertiary alicyclic amines) is 1. The largest absolute Gasteiger partial charge is 0.337 e. The van der Waals surface area contributed by atoms with Crippen LogP contribution in [0.1, 0.15) is 24.0 Å². The van der Waals surface area contributed by atoms with Gasteiger partial charge in [0.25, 0.3) is 0 Å². The lowest BCUT2D eigenvalue weighted by atomic mass is 9.97. The first kappa shape index (κ1) is 18.2. The van der Waals surface area contributed by atoms with Crippen LogP contribution >= 0.6 is 12.4 Å². The van der Waals surface area contributed by atoms with Gasteiger partial charge in [-0.1, -0.05) is 24.3 Å². The number of rotatable bonds is 4. The molecule has 0 saturated carbocycles. The predicted molar refractivity (Wildman–Crippen MR) is 95.9 cm³/mol. The molecule has 1 saturated heterocycles. The Kier molecular flexibility index (Phi) is 6.88. The van der Waals surface area contributed by atoms with Gasteiger partial charge in [-0.2, -0.15) is 0 Å². The van der Waals surface area contributed by atoms with Crippen LogP contribution in [0.2, 0.25) is 0 Å². The Bertz CT molecular complexity index is 521. The van der Waals surface area contributed by atoms with Crippen LogP contribution in [0.25, 0.3) is 0 Å². The van der Waals surface area contributed by atoms with Crippen LogP contribution in [0, 0.1) is 5.92 Å². The molecule has 1 aromatic rings. The normalized spacial score (nSPS) is 21.4. The first-order chi connectivity index (χ1) is 10.8. The molecule has 1 fully saturated rings. The van der Waals surface area contributed by atoms with E-state index in [0.29, 0.717) is 18.4 Å². The molecular formula is C18H28ClN3O. The van der Waals surface area contributed by atoms with Gasteiger partial charge in [0.05, 0.1) is 6.54 Å². The average Bonchev–Trinajstić information content (AvgIpc) is 2.55. The molecule has 0 aliphatic carbocycles. The van der Waals surface area contributed by atoms with Gasteiger partial charge in [-0.15, -0.1) is 12.4 Å². The van der Waals surface area contributed by atoms with Gasteiger partial charge < -0.3 is 10.2 Å². The molecule has 0 spiro atoms. The molecule has 1 atom stereocenters. The third-order valence-electron chi connectivity index (χ3n) is 4.94. The van der Waals surface area contributed by atoms with E-state index in [1.54, 1.807) is 0 Å². The van der Waals surface area contributed by atoms with Crippen molar-refractivity contribution in [3.8, 4) is 0 Å². The van der Waals surface area contributed by atoms with Crippen LogP contribution in [0.4, 0.5) is 0 Å². The van der Waals surface area contributed by atoms with Gasteiger partial charge in [0, 0.05) is 19.6 Å². The Morgan fingerprint density at radius 1 is 1.26 bits per heavy atom. The minimum atomic E-state index is 0. The fourth-order valence-corrected chi connectivity index (χ4v) is 3.75. The van der Waals surface area contributed by atoms with Crippen molar-refractivity contribution in [2.75, 3.05) is 39.8 Å². The summed E-state index contributed by atoms with van der Waals surface area (Å²) in [5.74, 6) is 0.980. The van der Waals surface area contributed by atoms with E-state index in [1.807, 2.05) is 11.9 Å². The maximum atomic E-state index is 12.6. The number of carbonyl (C=O) groups is 1. The summed E-state index contributed by atoms with van der Waals surface area (Å²) in [6.45, 7) is 5.41. The second-order valence-corrected chi connectivity index (χ2v) is 6.64. The smallest absolute Gasteiger partial charge is 0.237 e. The van der Waals surface area contributed by atoms with E-state index in [9.17, 15) is 4.79 Å². The molecule has 23 heavy (non-hydrogen) atoms. The lowest BCUT2D eigenvalue weighted by molar-refractivity contribution is -0.133. The van der Waals surface area contributed by atoms with E-state index in [-0.39, 0.29) is 12.4 Å². The topological polar surface area (TPSA) is 35.6 Å². The molecule has 2 aliphatic heterocycles. The number of hydrogen-bond acceptors (Lipinski definition) is 3. The average molecular weight is 338 g/mol. The molecule has 0 radical (unpaired) electrons. The Balaban J connectivity index is 0.00000192. The minimum Gasteiger partial charge on any atom is -0.337 e. The Labute approximate surface area is 145 Å². The van der Waals surface area contributed by atoms with Gasteiger partial charge in [0.2, 0.25) is 5.91 Å². The molecule has 1 unspecified atom stereocenters. The first-order valence-electron chi connectivity index (χ1n) is 8.48. The zero-order valence-electron chi connectivity index (χ0n) is 14.0. The maximum absolute atomic E-state index is 12.6. The summed E-state index contributed by atoms with van der Waals surface area (Å²) in [4.78, 5) is 17.0. The highest BCUT2D eigenvalue weighted by atomic mass is 35.5. The number of nitrogens with zero attached hydrogens (tertiary/aromatic N) is 2. The van der Waals surface area contributed by atoms with Crippen LogP contribution in [0.5, 0.6) is 0 Å². The number of carbonyl (C=O) groups excluding carboxylic acids is 1. The second-order valence-electron chi connectivity index (χ2n) is 6.64. The van der Waals surface area contributed by atoms with Gasteiger partial charge in [-0.05, 0) is 56.4 Å². The predicted octanol–water partition coefficient (Wildman–Crippen LogP) is 1.92. The quantitative estimate of drug-likeness (QED) is 0.912. The van der Waals surface area contributed by atoms with E-state index in [2.05, 4.69) is 34.5 Å². The zero-order chi connectivity index (χ0) is 15.4. The number of nitrogens with one attached hydrogen (secondary N) is 1. The molecule has 1 N–H and O–H groups in total. The fourth-order valence-electron chi connectivity index (χ4n) is 3.75. The summed E-state index contributed by atoms with van der Waals surface area (Å²) in [7, 11) is 2.01. The van der Waals surface area contributed by atoms with E-state index < -0.39 is 0 Å². The number of fused-ring (bicyclic) bond motifs is 1. The van der Waals surface area contributed by atoms with Crippen LogP contribution in [0.3, 0.4) is 0 Å². The SMILES string of the molecule is CNCC1CCCN(CC(=O)N2CCc3ccccc3C2)C1.Cl. The van der Waals surface area contributed by atoms with Crippen molar-refractivity contribution in [3.63, 3.8) is 0 Å². The van der Waals surface area contributed by atoms with Crippen molar-refractivity contribution < 1.29 is 4.79 Å². The molecule has 4 nitrogen and oxygen atoms in total. The number of piperidine rings is 1. The lowest BCUT2D eigenvalue weighted by Crippen LogP contribution is -2.46. The molecule has 0 aromatic heterocycles. The second kappa shape index (κ2) is 8.67. The van der Waals surface area contributed by atoms with Crippen molar-refractivity contribution in [2.45, 2.75) is 25.8 Å². The molecule has 5 heteroatoms. The summed E-state index contributed by atoms with van der Waals surface area (Å²) in [5, 5.41) is 3.26.